The third-order valence-electron chi connectivity index (χ3n) is 8.20. The van der Waals surface area contributed by atoms with Crippen molar-refractivity contribution in [1.82, 2.24) is 5.32 Å². The third kappa shape index (κ3) is 6.17. The van der Waals surface area contributed by atoms with E-state index >= 15 is 0 Å². The largest absolute Gasteiger partial charge is 0.389 e. The molecular formula is C28H33ClF2N2O6S. The lowest BCUT2D eigenvalue weighted by Gasteiger charge is -2.42. The van der Waals surface area contributed by atoms with Crippen LogP contribution in [0.5, 0.6) is 0 Å². The van der Waals surface area contributed by atoms with Gasteiger partial charge >= 0.3 is 0 Å². The van der Waals surface area contributed by atoms with Gasteiger partial charge in [0.15, 0.2) is 21.5 Å². The average Bonchev–Trinajstić information content (AvgIpc) is 3.05. The second-order valence-corrected chi connectivity index (χ2v) is 13.9. The van der Waals surface area contributed by atoms with Crippen molar-refractivity contribution in [3.8, 4) is 0 Å². The summed E-state index contributed by atoms with van der Waals surface area (Å²) in [4.78, 5) is 25.2. The van der Waals surface area contributed by atoms with E-state index in [9.17, 15) is 31.9 Å². The molecule has 2 aromatic rings. The van der Waals surface area contributed by atoms with Crippen LogP contribution < -0.4 is 10.6 Å². The zero-order valence-electron chi connectivity index (χ0n) is 22.5. The second kappa shape index (κ2) is 11.3. The number of nitrogens with one attached hydrogen (secondary N) is 2. The summed E-state index contributed by atoms with van der Waals surface area (Å²) in [6, 6.07) is 6.67. The molecule has 0 heterocycles. The maximum atomic E-state index is 13.7. The van der Waals surface area contributed by atoms with Crippen molar-refractivity contribution in [2.45, 2.75) is 67.3 Å². The maximum absolute atomic E-state index is 13.7. The third-order valence-corrected chi connectivity index (χ3v) is 10.9. The molecule has 2 aliphatic rings. The molecule has 0 aromatic heterocycles. The lowest BCUT2D eigenvalue weighted by atomic mass is 9.72. The molecule has 218 valence electrons. The molecule has 2 amide bonds. The number of anilines is 1. The van der Waals surface area contributed by atoms with Gasteiger partial charge in [0.1, 0.15) is 0 Å². The molecule has 3 N–H and O–H groups in total. The predicted molar refractivity (Wildman–Crippen MR) is 146 cm³/mol. The standard InChI is InChI=1S/C28H33ClF2N2O6S/c1-27(2,39-3)15-32-25(34)14-28(36)17-5-6-18(28)12-20(11-17)40(37,38)24-10-16(4-8-21(24)29)26(35)33-19-7-9-22(30)23(31)13-19/h4,7-10,13,17-18,20,36H,5-6,11-12,14-15H2,1-3H3,(H,32,34)(H,33,35)/t17-,18?,20?,28?/m0/s1. The highest BCUT2D eigenvalue weighted by atomic mass is 35.5. The number of fused-ring (bicyclic) bond motifs is 2. The maximum Gasteiger partial charge on any atom is 0.255 e. The van der Waals surface area contributed by atoms with Gasteiger partial charge in [0.2, 0.25) is 5.91 Å². The number of benzene rings is 2. The van der Waals surface area contributed by atoms with E-state index in [0.717, 1.165) is 12.1 Å². The first-order valence-electron chi connectivity index (χ1n) is 13.0. The van der Waals surface area contributed by atoms with Crippen LogP contribution in [0.3, 0.4) is 0 Å². The molecule has 0 aliphatic heterocycles. The van der Waals surface area contributed by atoms with Gasteiger partial charge in [-0.2, -0.15) is 0 Å². The van der Waals surface area contributed by atoms with Gasteiger partial charge in [-0.25, -0.2) is 17.2 Å². The monoisotopic (exact) mass is 598 g/mol. The van der Waals surface area contributed by atoms with Crippen molar-refractivity contribution in [2.75, 3.05) is 19.0 Å². The van der Waals surface area contributed by atoms with E-state index in [4.69, 9.17) is 16.3 Å². The fraction of sp³-hybridized carbons (Fsp3) is 0.500. The fourth-order valence-electron chi connectivity index (χ4n) is 5.68. The van der Waals surface area contributed by atoms with Crippen LogP contribution >= 0.6 is 11.6 Å². The van der Waals surface area contributed by atoms with Crippen molar-refractivity contribution in [2.24, 2.45) is 11.8 Å². The Hall–Kier alpha value is -2.60. The number of amides is 2. The van der Waals surface area contributed by atoms with E-state index in [1.807, 2.05) is 13.8 Å². The molecule has 12 heteroatoms. The summed E-state index contributed by atoms with van der Waals surface area (Å²) >= 11 is 6.29. The number of halogens is 3. The zero-order valence-corrected chi connectivity index (χ0v) is 24.0. The molecule has 2 fully saturated rings. The quantitative estimate of drug-likeness (QED) is 0.391. The lowest BCUT2D eigenvalue weighted by Crippen LogP contribution is -2.51. The van der Waals surface area contributed by atoms with Crippen molar-refractivity contribution < 1.29 is 36.6 Å². The van der Waals surface area contributed by atoms with E-state index in [1.165, 1.54) is 24.3 Å². The Morgan fingerprint density at radius 2 is 1.75 bits per heavy atom. The van der Waals surface area contributed by atoms with Crippen LogP contribution in [-0.4, -0.2) is 55.4 Å². The summed E-state index contributed by atoms with van der Waals surface area (Å²) in [5, 5.41) is 15.8. The zero-order chi connectivity index (χ0) is 29.5. The average molecular weight is 599 g/mol. The molecule has 0 saturated heterocycles. The lowest BCUT2D eigenvalue weighted by molar-refractivity contribution is -0.133. The van der Waals surface area contributed by atoms with Crippen molar-refractivity contribution in [1.29, 1.82) is 0 Å². The van der Waals surface area contributed by atoms with Crippen LogP contribution in [0.4, 0.5) is 14.5 Å². The minimum atomic E-state index is -4.02. The van der Waals surface area contributed by atoms with Crippen molar-refractivity contribution >= 4 is 38.9 Å². The number of aliphatic hydroxyl groups is 1. The van der Waals surface area contributed by atoms with E-state index in [1.54, 1.807) is 7.11 Å². The van der Waals surface area contributed by atoms with Crippen LogP contribution in [0.1, 0.15) is 56.3 Å². The number of sulfone groups is 1. The summed E-state index contributed by atoms with van der Waals surface area (Å²) in [5.41, 5.74) is -1.91. The van der Waals surface area contributed by atoms with Gasteiger partial charge in [-0.15, -0.1) is 0 Å². The Bertz CT molecular complexity index is 1400. The summed E-state index contributed by atoms with van der Waals surface area (Å²) in [7, 11) is -2.48. The van der Waals surface area contributed by atoms with Gasteiger partial charge in [0, 0.05) is 31.0 Å². The molecule has 40 heavy (non-hydrogen) atoms. The van der Waals surface area contributed by atoms with Gasteiger partial charge in [-0.3, -0.25) is 9.59 Å². The van der Waals surface area contributed by atoms with Crippen LogP contribution in [0.25, 0.3) is 0 Å². The topological polar surface area (TPSA) is 122 Å². The smallest absolute Gasteiger partial charge is 0.255 e. The fourth-order valence-corrected chi connectivity index (χ4v) is 8.08. The molecule has 0 spiro atoms. The first-order valence-corrected chi connectivity index (χ1v) is 14.9. The van der Waals surface area contributed by atoms with Gasteiger partial charge in [0.25, 0.3) is 5.91 Å². The SMILES string of the molecule is COC(C)(C)CNC(=O)CC1(O)C2CC[C@H]1CC(S(=O)(=O)c1cc(C(=O)Nc3ccc(F)c(F)c3)ccc1Cl)C2. The molecule has 2 saturated carbocycles. The second-order valence-electron chi connectivity index (χ2n) is 11.2. The van der Waals surface area contributed by atoms with Crippen LogP contribution in [0, 0.1) is 23.5 Å². The van der Waals surface area contributed by atoms with Gasteiger partial charge in [-0.1, -0.05) is 11.6 Å². The van der Waals surface area contributed by atoms with Gasteiger partial charge in [0.05, 0.1) is 32.8 Å². The van der Waals surface area contributed by atoms with Crippen LogP contribution in [0.2, 0.25) is 5.02 Å². The number of hydrogen-bond acceptors (Lipinski definition) is 6. The van der Waals surface area contributed by atoms with Crippen LogP contribution in [-0.2, 0) is 19.4 Å². The molecule has 2 bridgehead atoms. The number of carbonyl (C=O) groups is 2. The van der Waals surface area contributed by atoms with Crippen molar-refractivity contribution in [3.63, 3.8) is 0 Å². The number of ether oxygens (including phenoxy) is 1. The minimum Gasteiger partial charge on any atom is -0.389 e. The summed E-state index contributed by atoms with van der Waals surface area (Å²) in [6.07, 6.45) is 1.35. The molecule has 3 unspecified atom stereocenters. The Kier molecular flexibility index (Phi) is 8.61. The summed E-state index contributed by atoms with van der Waals surface area (Å²) < 4.78 is 59.5. The molecular weight excluding hydrogens is 566 g/mol. The molecule has 0 radical (unpaired) electrons. The highest BCUT2D eigenvalue weighted by molar-refractivity contribution is 7.92. The molecule has 2 aliphatic carbocycles. The minimum absolute atomic E-state index is 0.00113. The Labute approximate surface area is 237 Å². The normalized spacial score (nSPS) is 24.5. The highest BCUT2D eigenvalue weighted by Crippen LogP contribution is 2.53. The summed E-state index contributed by atoms with van der Waals surface area (Å²) in [5.74, 6) is -4.05. The van der Waals surface area contributed by atoms with E-state index in [0.29, 0.717) is 12.8 Å². The Morgan fingerprint density at radius 1 is 1.10 bits per heavy atom. The van der Waals surface area contributed by atoms with E-state index in [-0.39, 0.29) is 52.9 Å². The van der Waals surface area contributed by atoms with Gasteiger partial charge in [-0.05, 0) is 81.7 Å². The molecule has 4 rings (SSSR count). The summed E-state index contributed by atoms with van der Waals surface area (Å²) in [6.45, 7) is 3.92. The number of methoxy groups -OCH3 is 1. The molecule has 8 nitrogen and oxygen atoms in total. The first kappa shape index (κ1) is 30.4. The molecule has 2 aromatic carbocycles. The Morgan fingerprint density at radius 3 is 2.35 bits per heavy atom. The van der Waals surface area contributed by atoms with Crippen LogP contribution in [0.15, 0.2) is 41.3 Å². The van der Waals surface area contributed by atoms with E-state index < -0.39 is 55.7 Å². The van der Waals surface area contributed by atoms with Crippen molar-refractivity contribution in [3.05, 3.63) is 58.6 Å². The number of rotatable bonds is 9. The Balaban J connectivity index is 1.49. The number of carbonyl (C=O) groups excluding carboxylic acids is 2. The van der Waals surface area contributed by atoms with E-state index in [2.05, 4.69) is 10.6 Å². The highest BCUT2D eigenvalue weighted by Gasteiger charge is 2.56. The molecule has 4 atom stereocenters. The first-order chi connectivity index (χ1) is 18.7. The number of hydrogen-bond donors (Lipinski definition) is 3. The predicted octanol–water partition coefficient (Wildman–Crippen LogP) is 4.50. The van der Waals surface area contributed by atoms with Gasteiger partial charge < -0.3 is 20.5 Å².